The number of aromatic nitrogens is 6. The van der Waals surface area contributed by atoms with Crippen molar-refractivity contribution in [3.8, 4) is 22.6 Å². The van der Waals surface area contributed by atoms with Crippen LogP contribution in [-0.4, -0.2) is 85.1 Å². The van der Waals surface area contributed by atoms with Crippen molar-refractivity contribution in [1.29, 1.82) is 0 Å². The molecule has 8 rings (SSSR count). The number of ether oxygens (including phenoxy) is 2. The van der Waals surface area contributed by atoms with Gasteiger partial charge in [-0.3, -0.25) is 4.79 Å². The Hall–Kier alpha value is -5.43. The maximum atomic E-state index is 14.9. The van der Waals surface area contributed by atoms with E-state index in [1.807, 2.05) is 49.1 Å². The Morgan fingerprint density at radius 3 is 2.67 bits per heavy atom. The fourth-order valence-electron chi connectivity index (χ4n) is 7.40. The second kappa shape index (κ2) is 11.6. The van der Waals surface area contributed by atoms with Crippen LogP contribution in [0.3, 0.4) is 0 Å². The lowest BCUT2D eigenvalue weighted by molar-refractivity contribution is -0.136. The summed E-state index contributed by atoms with van der Waals surface area (Å²) in [6.45, 7) is 5.01. The normalized spacial score (nSPS) is 21.2. The Morgan fingerprint density at radius 1 is 1.02 bits per heavy atom. The van der Waals surface area contributed by atoms with Gasteiger partial charge in [0.25, 0.3) is 0 Å². The molecule has 1 fully saturated rings. The van der Waals surface area contributed by atoms with Gasteiger partial charge in [0.1, 0.15) is 46.9 Å². The number of fused-ring (bicyclic) bond motifs is 6. The highest BCUT2D eigenvalue weighted by atomic mass is 19.1. The summed E-state index contributed by atoms with van der Waals surface area (Å²) >= 11 is 0. The number of benzene rings is 3. The first-order valence-electron chi connectivity index (χ1n) is 16.1. The summed E-state index contributed by atoms with van der Waals surface area (Å²) in [6, 6.07) is 17.3. The quantitative estimate of drug-likeness (QED) is 0.251. The van der Waals surface area contributed by atoms with Crippen LogP contribution in [0.5, 0.6) is 5.75 Å². The summed E-state index contributed by atoms with van der Waals surface area (Å²) in [5, 5.41) is 4.91. The Balaban J connectivity index is 1.24. The first-order chi connectivity index (χ1) is 23.6. The predicted octanol–water partition coefficient (Wildman–Crippen LogP) is 5.32. The Bertz CT molecular complexity index is 2250. The van der Waals surface area contributed by atoms with E-state index in [-0.39, 0.29) is 23.8 Å². The topological polar surface area (TPSA) is 103 Å². The maximum absolute atomic E-state index is 14.9. The zero-order chi connectivity index (χ0) is 34.0. The highest BCUT2D eigenvalue weighted by molar-refractivity contribution is 5.95. The van der Waals surface area contributed by atoms with Crippen molar-refractivity contribution in [3.05, 3.63) is 90.6 Å². The van der Waals surface area contributed by atoms with Crippen LogP contribution in [0.1, 0.15) is 19.2 Å². The molecule has 2 aliphatic rings. The molecular weight excluding hydrogens is 630 g/mol. The highest BCUT2D eigenvalue weighted by Crippen LogP contribution is 2.40. The number of nitrogens with zero attached hydrogens (tertiary/aromatic N) is 8. The molecule has 0 radical (unpaired) electrons. The van der Waals surface area contributed by atoms with E-state index in [4.69, 9.17) is 14.5 Å². The van der Waals surface area contributed by atoms with Gasteiger partial charge in [-0.2, -0.15) is 5.10 Å². The second-order valence-electron chi connectivity index (χ2n) is 12.9. The van der Waals surface area contributed by atoms with Crippen LogP contribution in [0, 0.1) is 18.6 Å². The van der Waals surface area contributed by atoms with Crippen LogP contribution in [-0.2, 0) is 16.1 Å². The number of carbonyl (C=O) groups excluding carboxylic acids is 1. The second-order valence-corrected chi connectivity index (χ2v) is 12.9. The van der Waals surface area contributed by atoms with Crippen molar-refractivity contribution in [2.24, 2.45) is 0 Å². The van der Waals surface area contributed by atoms with Crippen molar-refractivity contribution in [2.75, 3.05) is 32.1 Å². The van der Waals surface area contributed by atoms with Gasteiger partial charge >= 0.3 is 0 Å². The van der Waals surface area contributed by atoms with E-state index >= 15 is 0 Å². The molecule has 49 heavy (non-hydrogen) atoms. The van der Waals surface area contributed by atoms with Crippen LogP contribution in [0.4, 0.5) is 14.6 Å². The molecular formula is C36H34F2N8O3. The summed E-state index contributed by atoms with van der Waals surface area (Å²) in [6.07, 6.45) is 2.54. The molecule has 0 spiro atoms. The Morgan fingerprint density at radius 2 is 1.86 bits per heavy atom. The number of imidazole rings is 1. The molecule has 11 nitrogen and oxygen atoms in total. The molecule has 2 aliphatic heterocycles. The highest BCUT2D eigenvalue weighted by Gasteiger charge is 2.51. The number of likely N-dealkylation sites (N-methyl/N-ethyl adjacent to an activating group) is 1. The van der Waals surface area contributed by atoms with E-state index in [0.29, 0.717) is 48.7 Å². The van der Waals surface area contributed by atoms with Crippen molar-refractivity contribution in [2.45, 2.75) is 44.6 Å². The smallest absolute Gasteiger partial charge is 0.248 e. The van der Waals surface area contributed by atoms with E-state index in [2.05, 4.69) is 31.8 Å². The van der Waals surface area contributed by atoms with E-state index in [1.165, 1.54) is 29.3 Å². The third-order valence-electron chi connectivity index (χ3n) is 9.76. The fraction of sp³-hybridized carbons (Fsp3) is 0.306. The van der Waals surface area contributed by atoms with Crippen LogP contribution in [0.25, 0.3) is 38.9 Å². The number of methoxy groups -OCH3 is 1. The lowest BCUT2D eigenvalue weighted by atomic mass is 9.95. The molecule has 3 aromatic heterocycles. The number of halogens is 2. The largest absolute Gasteiger partial charge is 0.488 e. The fourth-order valence-corrected chi connectivity index (χ4v) is 7.40. The van der Waals surface area contributed by atoms with Gasteiger partial charge in [-0.15, -0.1) is 0 Å². The van der Waals surface area contributed by atoms with Gasteiger partial charge in [0, 0.05) is 38.8 Å². The SMILES string of the molecule is CO[C@H]1CN(C)C(=O)[C@]2(C)CC(CN2c2ncnc3c2cnn3-c2ccc(F)cc2F)Oc2cccc(c2)-c2cccc3nc(C)n(c23)C1. The van der Waals surface area contributed by atoms with Crippen molar-refractivity contribution >= 4 is 33.8 Å². The van der Waals surface area contributed by atoms with E-state index < -0.39 is 17.2 Å². The lowest BCUT2D eigenvalue weighted by Gasteiger charge is -2.38. The molecule has 1 saturated heterocycles. The molecule has 3 aromatic carbocycles. The summed E-state index contributed by atoms with van der Waals surface area (Å²) in [7, 11) is 3.44. The molecule has 6 aromatic rings. The zero-order valence-corrected chi connectivity index (χ0v) is 27.5. The summed E-state index contributed by atoms with van der Waals surface area (Å²) in [5.74, 6) is 0.363. The van der Waals surface area contributed by atoms with Gasteiger partial charge in [-0.05, 0) is 49.7 Å². The third kappa shape index (κ3) is 5.07. The summed E-state index contributed by atoms with van der Waals surface area (Å²) in [5.41, 5.74) is 3.15. The zero-order valence-electron chi connectivity index (χ0n) is 27.5. The molecule has 4 bridgehead atoms. The average molecular weight is 665 g/mol. The van der Waals surface area contributed by atoms with Crippen LogP contribution >= 0.6 is 0 Å². The minimum absolute atomic E-state index is 0.0427. The molecule has 3 atom stereocenters. The number of amides is 1. The lowest BCUT2D eigenvalue weighted by Crippen LogP contribution is -2.55. The van der Waals surface area contributed by atoms with Crippen LogP contribution in [0.15, 0.2) is 73.2 Å². The van der Waals surface area contributed by atoms with Gasteiger partial charge < -0.3 is 23.8 Å². The molecule has 5 heterocycles. The monoisotopic (exact) mass is 664 g/mol. The van der Waals surface area contributed by atoms with Gasteiger partial charge in [0.05, 0.1) is 41.8 Å². The molecule has 13 heteroatoms. The van der Waals surface area contributed by atoms with Crippen molar-refractivity contribution in [1.82, 2.24) is 34.2 Å². The van der Waals surface area contributed by atoms with Gasteiger partial charge in [0.2, 0.25) is 5.91 Å². The number of aryl methyl sites for hydroxylation is 1. The van der Waals surface area contributed by atoms with Crippen molar-refractivity contribution in [3.63, 3.8) is 0 Å². The number of hydrogen-bond donors (Lipinski definition) is 0. The number of carbonyl (C=O) groups is 1. The van der Waals surface area contributed by atoms with Gasteiger partial charge in [-0.25, -0.2) is 28.4 Å². The van der Waals surface area contributed by atoms with E-state index in [9.17, 15) is 13.6 Å². The number of anilines is 1. The Labute approximate surface area is 280 Å². The van der Waals surface area contributed by atoms with Crippen LogP contribution in [0.2, 0.25) is 0 Å². The Kier molecular flexibility index (Phi) is 7.32. The third-order valence-corrected chi connectivity index (χ3v) is 9.76. The van der Waals surface area contributed by atoms with E-state index in [1.54, 1.807) is 19.1 Å². The van der Waals surface area contributed by atoms with Crippen molar-refractivity contribution < 1.29 is 23.0 Å². The van der Waals surface area contributed by atoms with E-state index in [0.717, 1.165) is 34.1 Å². The summed E-state index contributed by atoms with van der Waals surface area (Å²) in [4.78, 5) is 32.2. The van der Waals surface area contributed by atoms with Crippen LogP contribution < -0.4 is 9.64 Å². The number of para-hydroxylation sites is 1. The molecule has 1 unspecified atom stereocenters. The molecule has 250 valence electrons. The minimum atomic E-state index is -1.10. The first-order valence-corrected chi connectivity index (χ1v) is 16.1. The molecule has 0 aliphatic carbocycles. The summed E-state index contributed by atoms with van der Waals surface area (Å²) < 4.78 is 44.7. The first kappa shape index (κ1) is 30.9. The number of rotatable bonds is 3. The molecule has 0 N–H and O–H groups in total. The number of hydrogen-bond acceptors (Lipinski definition) is 8. The van der Waals surface area contributed by atoms with Gasteiger partial charge in [-0.1, -0.05) is 24.3 Å². The molecule has 0 saturated carbocycles. The molecule has 1 amide bonds. The minimum Gasteiger partial charge on any atom is -0.488 e. The standard InChI is InChI=1S/C36H34F2N8O3/c1-21-42-30-10-6-9-27-22-7-5-8-24(13-22)49-25-15-36(2,35(47)43(3)17-26(48-4)18-44(21)32(27)30)45(19-25)33-28-16-41-46(34(28)40-20-39-33)31-12-11-23(37)14-29(31)38/h5-14,16,20,25-26H,15,17-19H2,1-4H3/t25?,26-,36-/m0/s1. The predicted molar refractivity (Wildman–Crippen MR) is 180 cm³/mol. The van der Waals surface area contributed by atoms with Gasteiger partial charge in [0.15, 0.2) is 11.5 Å². The maximum Gasteiger partial charge on any atom is 0.248 e. The average Bonchev–Trinajstić information content (AvgIpc) is 3.76.